The fourth-order valence-electron chi connectivity index (χ4n) is 4.38. The van der Waals surface area contributed by atoms with Crippen LogP contribution in [0, 0.1) is 0 Å². The van der Waals surface area contributed by atoms with E-state index in [9.17, 15) is 19.2 Å². The Hall–Kier alpha value is -4.66. The Bertz CT molecular complexity index is 1340. The largest absolute Gasteiger partial charge is 0.497 e. The van der Waals surface area contributed by atoms with Gasteiger partial charge in [0.15, 0.2) is 0 Å². The highest BCUT2D eigenvalue weighted by atomic mass is 16.5. The maximum Gasteiger partial charge on any atom is 0.299 e. The van der Waals surface area contributed by atoms with E-state index in [1.165, 1.54) is 9.80 Å². The number of hydrogen-bond acceptors (Lipinski definition) is 6. The van der Waals surface area contributed by atoms with Crippen LogP contribution in [0.25, 0.3) is 0 Å². The Balaban J connectivity index is 1.61. The molecular formula is C29H29N3O6. The average molecular weight is 516 g/mol. The molecule has 0 fully saturated rings. The third-order valence-electron chi connectivity index (χ3n) is 6.43. The molecule has 0 spiro atoms. The fraction of sp³-hybridized carbons (Fsp3) is 0.241. The molecule has 0 unspecified atom stereocenters. The maximum atomic E-state index is 13.7. The van der Waals surface area contributed by atoms with E-state index in [0.29, 0.717) is 29.3 Å². The van der Waals surface area contributed by atoms with Gasteiger partial charge in [-0.1, -0.05) is 31.2 Å². The van der Waals surface area contributed by atoms with E-state index >= 15 is 0 Å². The van der Waals surface area contributed by atoms with E-state index in [1.807, 2.05) is 19.1 Å². The summed E-state index contributed by atoms with van der Waals surface area (Å²) in [5.74, 6) is -0.941. The highest BCUT2D eigenvalue weighted by Crippen LogP contribution is 2.29. The van der Waals surface area contributed by atoms with Crippen molar-refractivity contribution in [1.82, 2.24) is 4.90 Å². The molecule has 0 aliphatic carbocycles. The number of ether oxygens (including phenoxy) is 2. The van der Waals surface area contributed by atoms with Gasteiger partial charge in [-0.15, -0.1) is 0 Å². The highest BCUT2D eigenvalue weighted by molar-refractivity contribution is 6.52. The summed E-state index contributed by atoms with van der Waals surface area (Å²) in [7, 11) is 3.12. The summed E-state index contributed by atoms with van der Waals surface area (Å²) in [6.45, 7) is 1.56. The molecule has 1 atom stereocenters. The number of amides is 3. The van der Waals surface area contributed by atoms with Gasteiger partial charge in [0.1, 0.15) is 24.1 Å². The molecule has 0 saturated heterocycles. The van der Waals surface area contributed by atoms with E-state index in [0.717, 1.165) is 5.56 Å². The summed E-state index contributed by atoms with van der Waals surface area (Å²) < 4.78 is 10.4. The number of hydrogen-bond donors (Lipinski definition) is 1. The first-order valence-electron chi connectivity index (χ1n) is 12.2. The van der Waals surface area contributed by atoms with Crippen LogP contribution in [0.2, 0.25) is 0 Å². The van der Waals surface area contributed by atoms with Crippen LogP contribution in [-0.4, -0.2) is 55.2 Å². The quantitative estimate of drug-likeness (QED) is 0.413. The molecule has 9 heteroatoms. The Labute approximate surface area is 220 Å². The molecule has 3 aromatic carbocycles. The molecule has 3 aromatic rings. The number of carbonyl (C=O) groups is 4. The summed E-state index contributed by atoms with van der Waals surface area (Å²) in [5.41, 5.74) is 1.98. The lowest BCUT2D eigenvalue weighted by Crippen LogP contribution is -2.50. The van der Waals surface area contributed by atoms with Gasteiger partial charge < -0.3 is 19.7 Å². The van der Waals surface area contributed by atoms with Gasteiger partial charge in [-0.05, 0) is 60.5 Å². The number of Topliss-reactive ketones (excluding diaryl/α,β-unsaturated/α-hetero) is 1. The molecule has 1 N–H and O–H groups in total. The van der Waals surface area contributed by atoms with Crippen molar-refractivity contribution in [2.45, 2.75) is 25.9 Å². The minimum Gasteiger partial charge on any atom is -0.497 e. The monoisotopic (exact) mass is 515 g/mol. The standard InChI is InChI=1S/C29H29N3O6/c1-4-24(28(35)30-20-11-15-22(38-3)16-12-20)31(17-19-9-13-21(37-2)14-10-19)26(33)18-32-25-8-6-5-7-23(25)27(34)29(32)36/h5-16,24H,4,17-18H2,1-3H3,(H,30,35)/t24-/m0/s1. The molecule has 0 bridgehead atoms. The van der Waals surface area contributed by atoms with Gasteiger partial charge in [0, 0.05) is 12.2 Å². The third-order valence-corrected chi connectivity index (χ3v) is 6.43. The zero-order valence-electron chi connectivity index (χ0n) is 21.5. The van der Waals surface area contributed by atoms with Crippen molar-refractivity contribution in [3.63, 3.8) is 0 Å². The number of para-hydroxylation sites is 1. The van der Waals surface area contributed by atoms with Crippen LogP contribution < -0.4 is 19.7 Å². The first-order chi connectivity index (χ1) is 18.4. The summed E-state index contributed by atoms with van der Waals surface area (Å²) >= 11 is 0. The summed E-state index contributed by atoms with van der Waals surface area (Å²) in [6.07, 6.45) is 0.327. The zero-order chi connectivity index (χ0) is 27.2. The number of benzene rings is 3. The molecule has 3 amide bonds. The lowest BCUT2D eigenvalue weighted by Gasteiger charge is -2.32. The summed E-state index contributed by atoms with van der Waals surface area (Å²) in [5, 5.41) is 2.87. The van der Waals surface area contributed by atoms with Crippen molar-refractivity contribution >= 4 is 34.9 Å². The second-order valence-electron chi connectivity index (χ2n) is 8.75. The second-order valence-corrected chi connectivity index (χ2v) is 8.75. The highest BCUT2D eigenvalue weighted by Gasteiger charge is 2.38. The molecule has 196 valence electrons. The molecule has 9 nitrogen and oxygen atoms in total. The van der Waals surface area contributed by atoms with Crippen LogP contribution >= 0.6 is 0 Å². The van der Waals surface area contributed by atoms with Gasteiger partial charge in [-0.25, -0.2) is 0 Å². The van der Waals surface area contributed by atoms with Crippen LogP contribution in [0.1, 0.15) is 29.3 Å². The minimum atomic E-state index is -0.838. The molecule has 0 radical (unpaired) electrons. The Morgan fingerprint density at radius 2 is 1.50 bits per heavy atom. The minimum absolute atomic E-state index is 0.120. The molecule has 0 saturated carbocycles. The van der Waals surface area contributed by atoms with Crippen molar-refractivity contribution in [3.05, 3.63) is 83.9 Å². The van der Waals surface area contributed by atoms with Crippen LogP contribution in [0.5, 0.6) is 11.5 Å². The molecule has 4 rings (SSSR count). The predicted octanol–water partition coefficient (Wildman–Crippen LogP) is 3.68. The Morgan fingerprint density at radius 3 is 2.11 bits per heavy atom. The van der Waals surface area contributed by atoms with E-state index in [2.05, 4.69) is 5.32 Å². The summed E-state index contributed by atoms with van der Waals surface area (Å²) in [6, 6.07) is 19.8. The van der Waals surface area contributed by atoms with E-state index in [1.54, 1.807) is 74.9 Å². The predicted molar refractivity (Wildman–Crippen MR) is 142 cm³/mol. The van der Waals surface area contributed by atoms with Gasteiger partial charge in [0.05, 0.1) is 25.5 Å². The lowest BCUT2D eigenvalue weighted by molar-refractivity contribution is -0.138. The number of nitrogens with zero attached hydrogens (tertiary/aromatic N) is 2. The number of ketones is 1. The van der Waals surface area contributed by atoms with Crippen LogP contribution in [-0.2, 0) is 20.9 Å². The van der Waals surface area contributed by atoms with Crippen LogP contribution in [0.3, 0.4) is 0 Å². The van der Waals surface area contributed by atoms with Gasteiger partial charge >= 0.3 is 0 Å². The fourth-order valence-corrected chi connectivity index (χ4v) is 4.38. The number of fused-ring (bicyclic) bond motifs is 1. The van der Waals surface area contributed by atoms with Crippen molar-refractivity contribution in [1.29, 1.82) is 0 Å². The van der Waals surface area contributed by atoms with Gasteiger partial charge in [0.2, 0.25) is 11.8 Å². The van der Waals surface area contributed by atoms with E-state index in [4.69, 9.17) is 9.47 Å². The number of nitrogens with one attached hydrogen (secondary N) is 1. The van der Waals surface area contributed by atoms with Crippen LogP contribution in [0.4, 0.5) is 11.4 Å². The zero-order valence-corrected chi connectivity index (χ0v) is 21.5. The topological polar surface area (TPSA) is 105 Å². The third kappa shape index (κ3) is 5.51. The molecule has 1 heterocycles. The van der Waals surface area contributed by atoms with Crippen molar-refractivity contribution in [2.24, 2.45) is 0 Å². The number of rotatable bonds is 10. The SMILES string of the molecule is CC[C@@H](C(=O)Nc1ccc(OC)cc1)N(Cc1ccc(OC)cc1)C(=O)CN1C(=O)C(=O)c2ccccc21. The van der Waals surface area contributed by atoms with Crippen LogP contribution in [0.15, 0.2) is 72.8 Å². The van der Waals surface area contributed by atoms with Gasteiger partial charge in [-0.2, -0.15) is 0 Å². The Morgan fingerprint density at radius 1 is 0.895 bits per heavy atom. The first-order valence-corrected chi connectivity index (χ1v) is 12.2. The number of anilines is 2. The number of methoxy groups -OCH3 is 2. The first kappa shape index (κ1) is 26.4. The molecule has 0 aromatic heterocycles. The summed E-state index contributed by atoms with van der Waals surface area (Å²) in [4.78, 5) is 54.9. The normalized spacial score (nSPS) is 13.1. The van der Waals surface area contributed by atoms with E-state index < -0.39 is 23.6 Å². The lowest BCUT2D eigenvalue weighted by atomic mass is 10.1. The van der Waals surface area contributed by atoms with Crippen molar-refractivity contribution in [2.75, 3.05) is 31.0 Å². The second kappa shape index (κ2) is 11.6. The molecular weight excluding hydrogens is 486 g/mol. The molecule has 1 aliphatic rings. The maximum absolute atomic E-state index is 13.7. The van der Waals surface area contributed by atoms with Crippen molar-refractivity contribution in [3.8, 4) is 11.5 Å². The average Bonchev–Trinajstić information content (AvgIpc) is 3.18. The molecule has 38 heavy (non-hydrogen) atoms. The van der Waals surface area contributed by atoms with Crippen molar-refractivity contribution < 1.29 is 28.7 Å². The van der Waals surface area contributed by atoms with Gasteiger partial charge in [-0.3, -0.25) is 24.1 Å². The smallest absolute Gasteiger partial charge is 0.299 e. The Kier molecular flexibility index (Phi) is 8.06. The molecule has 1 aliphatic heterocycles. The van der Waals surface area contributed by atoms with E-state index in [-0.39, 0.29) is 24.6 Å². The van der Waals surface area contributed by atoms with Gasteiger partial charge in [0.25, 0.3) is 11.7 Å². The number of carbonyl (C=O) groups excluding carboxylic acids is 4.